The van der Waals surface area contributed by atoms with Crippen molar-refractivity contribution >= 4 is 11.6 Å². The van der Waals surface area contributed by atoms with Crippen LogP contribution in [0.4, 0.5) is 26.3 Å². The molecule has 0 bridgehead atoms. The predicted molar refractivity (Wildman–Crippen MR) is 45.1 cm³/mol. The molecule has 0 aliphatic carbocycles. The van der Waals surface area contributed by atoms with Gasteiger partial charge < -0.3 is 0 Å². The first-order valence-electron chi connectivity index (χ1n) is 4.46. The Morgan fingerprint density at radius 2 is 1.35 bits per heavy atom. The van der Waals surface area contributed by atoms with E-state index in [9.17, 15) is 35.9 Å². The molecule has 0 radical (unpaired) electrons. The molecule has 0 aliphatic rings. The normalized spacial score (nSPS) is 13.6. The second kappa shape index (κ2) is 4.66. The summed E-state index contributed by atoms with van der Waals surface area (Å²) in [4.78, 5) is 21.8. The van der Waals surface area contributed by atoms with Crippen molar-refractivity contribution in [3.8, 4) is 0 Å². The molecule has 8 heteroatoms. The average Bonchev–Trinajstić information content (AvgIpc) is 1.97. The topological polar surface area (TPSA) is 34.1 Å². The van der Waals surface area contributed by atoms with Gasteiger partial charge >= 0.3 is 12.4 Å². The third kappa shape index (κ3) is 4.74. The zero-order valence-electron chi connectivity index (χ0n) is 9.00. The maximum Gasteiger partial charge on any atom is 0.400 e. The lowest BCUT2D eigenvalue weighted by atomic mass is 9.84. The minimum atomic E-state index is -4.90. The molecule has 0 amide bonds. The highest BCUT2D eigenvalue weighted by Gasteiger charge is 2.52. The summed E-state index contributed by atoms with van der Waals surface area (Å²) in [5.41, 5.74) is -2.83. The summed E-state index contributed by atoms with van der Waals surface area (Å²) in [5, 5.41) is 0. The highest BCUT2D eigenvalue weighted by molar-refractivity contribution is 6.02. The van der Waals surface area contributed by atoms with Crippen molar-refractivity contribution in [1.82, 2.24) is 0 Å². The quantitative estimate of drug-likeness (QED) is 0.577. The summed E-state index contributed by atoms with van der Waals surface area (Å²) in [6.07, 6.45) is -13.0. The molecule has 0 aliphatic heterocycles. The monoisotopic (exact) mass is 264 g/mol. The van der Waals surface area contributed by atoms with E-state index < -0.39 is 42.2 Å². The number of carbonyl (C=O) groups excluding carboxylic acids is 2. The van der Waals surface area contributed by atoms with Crippen LogP contribution in [0.1, 0.15) is 26.7 Å². The van der Waals surface area contributed by atoms with Crippen LogP contribution in [0.25, 0.3) is 0 Å². The Kier molecular flexibility index (Phi) is 4.36. The maximum absolute atomic E-state index is 12.3. The second-order valence-electron chi connectivity index (χ2n) is 4.05. The Morgan fingerprint density at radius 3 is 1.65 bits per heavy atom. The number of halogens is 6. The third-order valence-corrected chi connectivity index (χ3v) is 2.16. The molecule has 0 atom stereocenters. The molecule has 0 rings (SSSR count). The average molecular weight is 264 g/mol. The van der Waals surface area contributed by atoms with Crippen molar-refractivity contribution in [3.63, 3.8) is 0 Å². The number of alkyl halides is 6. The summed E-state index contributed by atoms with van der Waals surface area (Å²) in [6.45, 7) is 1.05. The SMILES string of the molecule is CC(C)(C(=O)CC(=O)CC(F)(F)F)C(F)(F)F. The van der Waals surface area contributed by atoms with E-state index in [2.05, 4.69) is 0 Å². The molecule has 100 valence electrons. The molecule has 0 fully saturated rings. The second-order valence-corrected chi connectivity index (χ2v) is 4.05. The first-order valence-corrected chi connectivity index (χ1v) is 4.46. The lowest BCUT2D eigenvalue weighted by Crippen LogP contribution is -2.40. The molecule has 0 aromatic rings. The van der Waals surface area contributed by atoms with Gasteiger partial charge in [0.05, 0.1) is 6.42 Å². The van der Waals surface area contributed by atoms with Crippen LogP contribution in [-0.4, -0.2) is 23.9 Å². The van der Waals surface area contributed by atoms with E-state index in [1.54, 1.807) is 0 Å². The van der Waals surface area contributed by atoms with Crippen molar-refractivity contribution in [2.24, 2.45) is 5.41 Å². The van der Waals surface area contributed by atoms with Gasteiger partial charge in [0.1, 0.15) is 17.6 Å². The highest BCUT2D eigenvalue weighted by Crippen LogP contribution is 2.39. The van der Waals surface area contributed by atoms with Crippen LogP contribution in [0, 0.1) is 5.41 Å². The molecule has 0 saturated heterocycles. The van der Waals surface area contributed by atoms with Crippen LogP contribution >= 0.6 is 0 Å². The smallest absolute Gasteiger partial charge is 0.299 e. The Labute approximate surface area is 93.0 Å². The van der Waals surface area contributed by atoms with Gasteiger partial charge in [0.15, 0.2) is 5.78 Å². The number of hydrogen-bond acceptors (Lipinski definition) is 2. The van der Waals surface area contributed by atoms with Gasteiger partial charge in [0.2, 0.25) is 0 Å². The Bertz CT molecular complexity index is 312. The Morgan fingerprint density at radius 1 is 0.941 bits per heavy atom. The van der Waals surface area contributed by atoms with Crippen LogP contribution in [-0.2, 0) is 9.59 Å². The van der Waals surface area contributed by atoms with Gasteiger partial charge in [-0.3, -0.25) is 9.59 Å². The van der Waals surface area contributed by atoms with E-state index in [-0.39, 0.29) is 0 Å². The van der Waals surface area contributed by atoms with Gasteiger partial charge in [0.25, 0.3) is 0 Å². The molecular formula is C9H10F6O2. The maximum atomic E-state index is 12.3. The fourth-order valence-electron chi connectivity index (χ4n) is 0.844. The van der Waals surface area contributed by atoms with Crippen LogP contribution in [0.2, 0.25) is 0 Å². The van der Waals surface area contributed by atoms with E-state index in [0.717, 1.165) is 0 Å². The van der Waals surface area contributed by atoms with E-state index in [4.69, 9.17) is 0 Å². The number of Topliss-reactive ketones (excluding diaryl/α,β-unsaturated/α-hetero) is 2. The summed E-state index contributed by atoms with van der Waals surface area (Å²) >= 11 is 0. The van der Waals surface area contributed by atoms with Crippen molar-refractivity contribution in [2.45, 2.75) is 39.0 Å². The largest absolute Gasteiger partial charge is 0.400 e. The number of carbonyl (C=O) groups is 2. The molecule has 0 unspecified atom stereocenters. The number of hydrogen-bond donors (Lipinski definition) is 0. The molecule has 0 spiro atoms. The van der Waals surface area contributed by atoms with Gasteiger partial charge in [-0.25, -0.2) is 0 Å². The fraction of sp³-hybridized carbons (Fsp3) is 0.778. The van der Waals surface area contributed by atoms with E-state index >= 15 is 0 Å². The van der Waals surface area contributed by atoms with E-state index in [0.29, 0.717) is 13.8 Å². The predicted octanol–water partition coefficient (Wildman–Crippen LogP) is 3.06. The standard InChI is InChI=1S/C9H10F6O2/c1-7(2,9(13,14)15)6(17)3-5(16)4-8(10,11)12/h3-4H2,1-2H3. The number of ketones is 2. The first-order chi connectivity index (χ1) is 7.27. The highest BCUT2D eigenvalue weighted by atomic mass is 19.4. The van der Waals surface area contributed by atoms with Gasteiger partial charge in [-0.2, -0.15) is 26.3 Å². The molecule has 17 heavy (non-hydrogen) atoms. The van der Waals surface area contributed by atoms with Crippen molar-refractivity contribution in [3.05, 3.63) is 0 Å². The minimum absolute atomic E-state index is 0.524. The van der Waals surface area contributed by atoms with E-state index in [1.165, 1.54) is 0 Å². The summed E-state index contributed by atoms with van der Waals surface area (Å²) in [7, 11) is 0. The van der Waals surface area contributed by atoms with Crippen molar-refractivity contribution in [1.29, 1.82) is 0 Å². The third-order valence-electron chi connectivity index (χ3n) is 2.16. The molecular weight excluding hydrogens is 254 g/mol. The van der Waals surface area contributed by atoms with Gasteiger partial charge in [-0.15, -0.1) is 0 Å². The minimum Gasteiger partial charge on any atom is -0.299 e. The van der Waals surface area contributed by atoms with Crippen LogP contribution in [0.15, 0.2) is 0 Å². The summed E-state index contributed by atoms with van der Waals surface area (Å²) in [5.74, 6) is -3.14. The summed E-state index contributed by atoms with van der Waals surface area (Å²) in [6, 6.07) is 0. The molecule has 0 aromatic heterocycles. The summed E-state index contributed by atoms with van der Waals surface area (Å²) < 4.78 is 72.2. The zero-order valence-corrected chi connectivity index (χ0v) is 9.00. The van der Waals surface area contributed by atoms with Crippen molar-refractivity contribution in [2.75, 3.05) is 0 Å². The van der Waals surface area contributed by atoms with Crippen molar-refractivity contribution < 1.29 is 35.9 Å². The fourth-order valence-corrected chi connectivity index (χ4v) is 0.844. The number of rotatable bonds is 4. The van der Waals surface area contributed by atoms with Crippen LogP contribution < -0.4 is 0 Å². The van der Waals surface area contributed by atoms with Crippen LogP contribution in [0.3, 0.4) is 0 Å². The molecule has 2 nitrogen and oxygen atoms in total. The van der Waals surface area contributed by atoms with E-state index in [1.807, 2.05) is 0 Å². The van der Waals surface area contributed by atoms with Gasteiger partial charge in [0, 0.05) is 0 Å². The molecule has 0 N–H and O–H groups in total. The molecule has 0 heterocycles. The molecule has 0 saturated carbocycles. The van der Waals surface area contributed by atoms with Crippen LogP contribution in [0.5, 0.6) is 0 Å². The zero-order chi connectivity index (χ0) is 14.1. The lowest BCUT2D eigenvalue weighted by molar-refractivity contribution is -0.210. The molecule has 0 aromatic carbocycles. The Hall–Kier alpha value is -1.08. The van der Waals surface area contributed by atoms with Gasteiger partial charge in [-0.1, -0.05) is 0 Å². The first kappa shape index (κ1) is 15.9. The lowest BCUT2D eigenvalue weighted by Gasteiger charge is -2.25. The Balaban J connectivity index is 4.62. The van der Waals surface area contributed by atoms with Gasteiger partial charge in [-0.05, 0) is 13.8 Å².